The summed E-state index contributed by atoms with van der Waals surface area (Å²) in [5, 5.41) is 15.0. The lowest BCUT2D eigenvalue weighted by atomic mass is 10.1. The van der Waals surface area contributed by atoms with Crippen molar-refractivity contribution in [3.63, 3.8) is 0 Å². The molecule has 0 unspecified atom stereocenters. The molecule has 0 aromatic carbocycles. The average Bonchev–Trinajstić information content (AvgIpc) is 2.71. The predicted octanol–water partition coefficient (Wildman–Crippen LogP) is 3.70. The summed E-state index contributed by atoms with van der Waals surface area (Å²) < 4.78 is 31.2. The fourth-order valence-corrected chi connectivity index (χ4v) is 3.66. The van der Waals surface area contributed by atoms with Crippen LogP contribution in [0.5, 0.6) is 0 Å². The highest BCUT2D eigenvalue weighted by atomic mass is 19.3. The van der Waals surface area contributed by atoms with E-state index >= 15 is 0 Å². The number of hydrogen-bond donors (Lipinski definition) is 3. The van der Waals surface area contributed by atoms with E-state index in [1.54, 1.807) is 25.7 Å². The number of nitrogens with one attached hydrogen (secondary N) is 2. The van der Waals surface area contributed by atoms with E-state index in [4.69, 9.17) is 4.74 Å². The molecule has 2 rings (SSSR count). The maximum absolute atomic E-state index is 13.0. The van der Waals surface area contributed by atoms with E-state index < -0.39 is 36.7 Å². The van der Waals surface area contributed by atoms with Gasteiger partial charge in [0.1, 0.15) is 17.5 Å². The lowest BCUT2D eigenvalue weighted by Gasteiger charge is -2.25. The smallest absolute Gasteiger partial charge is 0.408 e. The molecule has 8 nitrogen and oxygen atoms in total. The summed E-state index contributed by atoms with van der Waals surface area (Å²) in [5.74, 6) is -0.291. The van der Waals surface area contributed by atoms with Crippen molar-refractivity contribution < 1.29 is 28.2 Å². The summed E-state index contributed by atoms with van der Waals surface area (Å²) >= 11 is 0. The summed E-state index contributed by atoms with van der Waals surface area (Å²) in [7, 11) is 0. The summed E-state index contributed by atoms with van der Waals surface area (Å²) in [6.45, 7) is 6.02. The monoisotopic (exact) mass is 470 g/mol. The SMILES string of the molecule is CC(C)(C)OC(=O)N[C@@H](CCN(CCCCc1ccc2c(n1)NCCC2)CC(F)F)C(=O)O. The number of ether oxygens (including phenoxy) is 1. The van der Waals surface area contributed by atoms with Crippen molar-refractivity contribution in [2.24, 2.45) is 0 Å². The molecule has 3 N–H and O–H groups in total. The number of nitrogens with zero attached hydrogens (tertiary/aromatic N) is 2. The van der Waals surface area contributed by atoms with Crippen LogP contribution >= 0.6 is 0 Å². The van der Waals surface area contributed by atoms with Gasteiger partial charge in [-0.2, -0.15) is 0 Å². The lowest BCUT2D eigenvalue weighted by Crippen LogP contribution is -2.45. The van der Waals surface area contributed by atoms with Crippen LogP contribution in [-0.4, -0.2) is 71.3 Å². The molecule has 1 aliphatic rings. The number of rotatable bonds is 12. The molecule has 0 bridgehead atoms. The van der Waals surface area contributed by atoms with E-state index in [2.05, 4.69) is 21.7 Å². The molecule has 0 radical (unpaired) electrons. The molecule has 10 heteroatoms. The molecule has 1 atom stereocenters. The van der Waals surface area contributed by atoms with Gasteiger partial charge in [-0.25, -0.2) is 23.4 Å². The van der Waals surface area contributed by atoms with Gasteiger partial charge in [0, 0.05) is 18.8 Å². The van der Waals surface area contributed by atoms with Crippen molar-refractivity contribution in [2.75, 3.05) is 31.5 Å². The zero-order valence-electron chi connectivity index (χ0n) is 19.7. The number of anilines is 1. The molecule has 1 aliphatic heterocycles. The number of hydrogen-bond acceptors (Lipinski definition) is 6. The molecule has 2 heterocycles. The molecule has 33 heavy (non-hydrogen) atoms. The number of carbonyl (C=O) groups excluding carboxylic acids is 1. The van der Waals surface area contributed by atoms with Crippen LogP contribution in [0, 0.1) is 0 Å². The number of carbonyl (C=O) groups is 2. The summed E-state index contributed by atoms with van der Waals surface area (Å²) in [5.41, 5.74) is 1.43. The van der Waals surface area contributed by atoms with Gasteiger partial charge in [-0.1, -0.05) is 6.07 Å². The fourth-order valence-electron chi connectivity index (χ4n) is 3.66. The molecule has 1 amide bonds. The Morgan fingerprint density at radius 2 is 2.03 bits per heavy atom. The zero-order valence-corrected chi connectivity index (χ0v) is 19.7. The van der Waals surface area contributed by atoms with E-state index in [0.29, 0.717) is 13.0 Å². The highest BCUT2D eigenvalue weighted by Gasteiger charge is 2.25. The molecular weight excluding hydrogens is 434 g/mol. The van der Waals surface area contributed by atoms with Crippen LogP contribution in [0.3, 0.4) is 0 Å². The highest BCUT2D eigenvalue weighted by Crippen LogP contribution is 2.20. The second-order valence-corrected chi connectivity index (χ2v) is 9.32. The topological polar surface area (TPSA) is 104 Å². The van der Waals surface area contributed by atoms with Crippen molar-refractivity contribution in [3.05, 3.63) is 23.4 Å². The Morgan fingerprint density at radius 3 is 2.70 bits per heavy atom. The number of amides is 1. The zero-order chi connectivity index (χ0) is 24.4. The van der Waals surface area contributed by atoms with Crippen molar-refractivity contribution in [1.82, 2.24) is 15.2 Å². The third-order valence-electron chi connectivity index (χ3n) is 5.23. The Hall–Kier alpha value is -2.49. The van der Waals surface area contributed by atoms with E-state index in [-0.39, 0.29) is 13.0 Å². The van der Waals surface area contributed by atoms with E-state index in [0.717, 1.165) is 43.7 Å². The highest BCUT2D eigenvalue weighted by molar-refractivity contribution is 5.80. The van der Waals surface area contributed by atoms with Crippen LogP contribution in [0.2, 0.25) is 0 Å². The van der Waals surface area contributed by atoms with Crippen molar-refractivity contribution in [3.8, 4) is 0 Å². The second kappa shape index (κ2) is 12.7. The summed E-state index contributed by atoms with van der Waals surface area (Å²) in [6.07, 6.45) is 0.958. The van der Waals surface area contributed by atoms with Gasteiger partial charge in [0.2, 0.25) is 0 Å². The Morgan fingerprint density at radius 1 is 1.27 bits per heavy atom. The molecule has 0 saturated heterocycles. The number of pyridine rings is 1. The van der Waals surface area contributed by atoms with Gasteiger partial charge in [0.05, 0.1) is 6.54 Å². The van der Waals surface area contributed by atoms with Crippen molar-refractivity contribution in [2.45, 2.75) is 77.4 Å². The number of alkyl halides is 2. The van der Waals surface area contributed by atoms with Gasteiger partial charge in [-0.05, 0) is 77.5 Å². The Kier molecular flexibility index (Phi) is 10.3. The quantitative estimate of drug-likeness (QED) is 0.400. The van der Waals surface area contributed by atoms with Crippen LogP contribution in [0.4, 0.5) is 19.4 Å². The minimum absolute atomic E-state index is 0.000651. The molecule has 0 spiro atoms. The maximum atomic E-state index is 13.0. The van der Waals surface area contributed by atoms with E-state index in [1.165, 1.54) is 5.56 Å². The number of aromatic nitrogens is 1. The Bertz CT molecular complexity index is 786. The number of alkyl carbamates (subject to hydrolysis) is 1. The molecular formula is C23H36F2N4O4. The maximum Gasteiger partial charge on any atom is 0.408 e. The van der Waals surface area contributed by atoms with Crippen molar-refractivity contribution in [1.29, 1.82) is 0 Å². The third-order valence-corrected chi connectivity index (χ3v) is 5.23. The molecule has 0 aliphatic carbocycles. The van der Waals surface area contributed by atoms with Crippen LogP contribution in [0.25, 0.3) is 0 Å². The molecule has 186 valence electrons. The van der Waals surface area contributed by atoms with E-state index in [9.17, 15) is 23.5 Å². The first-order valence-electron chi connectivity index (χ1n) is 11.5. The first-order valence-corrected chi connectivity index (χ1v) is 11.5. The van der Waals surface area contributed by atoms with E-state index in [1.807, 2.05) is 6.07 Å². The van der Waals surface area contributed by atoms with Crippen LogP contribution in [-0.2, 0) is 22.4 Å². The fraction of sp³-hybridized carbons (Fsp3) is 0.696. The number of carboxylic acids is 1. The molecule has 0 fully saturated rings. The van der Waals surface area contributed by atoms with Crippen LogP contribution in [0.1, 0.15) is 57.7 Å². The van der Waals surface area contributed by atoms with Crippen LogP contribution in [0.15, 0.2) is 12.1 Å². The average molecular weight is 471 g/mol. The van der Waals surface area contributed by atoms with Gasteiger partial charge in [0.25, 0.3) is 6.43 Å². The number of carboxylic acid groups (broad SMARTS) is 1. The predicted molar refractivity (Wildman–Crippen MR) is 122 cm³/mol. The first-order chi connectivity index (χ1) is 15.5. The minimum atomic E-state index is -2.53. The van der Waals surface area contributed by atoms with Crippen molar-refractivity contribution >= 4 is 17.9 Å². The lowest BCUT2D eigenvalue weighted by molar-refractivity contribution is -0.139. The number of unbranched alkanes of at least 4 members (excludes halogenated alkanes) is 1. The number of halogens is 2. The molecule has 0 saturated carbocycles. The molecule has 1 aromatic heterocycles. The molecule has 1 aromatic rings. The largest absolute Gasteiger partial charge is 0.480 e. The van der Waals surface area contributed by atoms with Gasteiger partial charge >= 0.3 is 12.1 Å². The normalized spacial score (nSPS) is 14.5. The van der Waals surface area contributed by atoms with Crippen LogP contribution < -0.4 is 10.6 Å². The van der Waals surface area contributed by atoms with Gasteiger partial charge in [0.15, 0.2) is 0 Å². The Balaban J connectivity index is 1.81. The van der Waals surface area contributed by atoms with Gasteiger partial charge < -0.3 is 20.5 Å². The van der Waals surface area contributed by atoms with Gasteiger partial charge in [-0.3, -0.25) is 4.90 Å². The summed E-state index contributed by atoms with van der Waals surface area (Å²) in [4.78, 5) is 29.6. The number of aliphatic carboxylic acids is 1. The number of aryl methyl sites for hydroxylation is 2. The number of fused-ring (bicyclic) bond motifs is 1. The minimum Gasteiger partial charge on any atom is -0.480 e. The first kappa shape index (κ1) is 26.8. The second-order valence-electron chi connectivity index (χ2n) is 9.32. The van der Waals surface area contributed by atoms with Gasteiger partial charge in [-0.15, -0.1) is 0 Å². The summed E-state index contributed by atoms with van der Waals surface area (Å²) in [6, 6.07) is 2.89. The Labute approximate surface area is 194 Å². The standard InChI is InChI=1S/C23H36F2N4O4/c1-23(2,3)33-22(32)28-18(21(30)31)11-14-29(15-19(24)25)13-5-4-8-17-10-9-16-7-6-12-26-20(16)27-17/h9-10,18-19H,4-8,11-15H2,1-3H3,(H,26,27)(H,28,32)(H,30,31)/t18-/m0/s1. The third kappa shape index (κ3) is 10.3.